The molecule has 0 aliphatic heterocycles. The predicted molar refractivity (Wildman–Crippen MR) is 51.0 cm³/mol. The maximum absolute atomic E-state index is 2.42. The van der Waals surface area contributed by atoms with E-state index >= 15 is 0 Å². The number of rotatable bonds is 1. The third kappa shape index (κ3) is 2.90. The minimum absolute atomic E-state index is 0. The maximum atomic E-state index is 2.42. The van der Waals surface area contributed by atoms with E-state index in [9.17, 15) is 0 Å². The van der Waals surface area contributed by atoms with Gasteiger partial charge in [0.25, 0.3) is 0 Å². The topological polar surface area (TPSA) is 0 Å². The van der Waals surface area contributed by atoms with Gasteiger partial charge in [0.05, 0.1) is 0 Å². The fourth-order valence-corrected chi connectivity index (χ4v) is 16.1. The fraction of sp³-hybridized carbons (Fsp3) is 0.429. The molecule has 1 aliphatic rings. The van der Waals surface area contributed by atoms with Crippen LogP contribution in [-0.4, -0.2) is 14.9 Å². The molecule has 0 fully saturated rings. The van der Waals surface area contributed by atoms with Crippen molar-refractivity contribution in [1.82, 2.24) is 0 Å². The summed E-state index contributed by atoms with van der Waals surface area (Å²) in [6.45, 7) is 4.59. The summed E-state index contributed by atoms with van der Waals surface area (Å²) in [6, 6.07) is 0. The van der Waals surface area contributed by atoms with Crippen LogP contribution < -0.4 is 17.0 Å². The molecule has 0 saturated carbocycles. The van der Waals surface area contributed by atoms with E-state index in [4.69, 9.17) is 0 Å². The van der Waals surface area contributed by atoms with Gasteiger partial charge in [-0.2, -0.15) is 0 Å². The van der Waals surface area contributed by atoms with E-state index in [0.717, 1.165) is 0 Å². The van der Waals surface area contributed by atoms with Gasteiger partial charge < -0.3 is 17.0 Å². The Morgan fingerprint density at radius 1 is 1.36 bits per heavy atom. The molecule has 0 aromatic carbocycles. The van der Waals surface area contributed by atoms with Crippen LogP contribution in [0.1, 0.15) is 20.3 Å². The summed E-state index contributed by atoms with van der Waals surface area (Å²) >= 11 is -0.866. The molecule has 0 spiro atoms. The van der Waals surface area contributed by atoms with Crippen LogP contribution in [0, 0.1) is 0 Å². The smallest absolute Gasteiger partial charge is 1.00 e. The van der Waals surface area contributed by atoms with Crippen LogP contribution in [0.4, 0.5) is 0 Å². The minimum Gasteiger partial charge on any atom is -1.00 e. The second-order valence-corrected chi connectivity index (χ2v) is 53.5. The predicted octanol–water partition coefficient (Wildman–Crippen LogP) is -3.21. The molecule has 0 unspecified atom stereocenters. The molecule has 0 radical (unpaired) electrons. The molecule has 4 heteroatoms. The van der Waals surface area contributed by atoms with Gasteiger partial charge in [-0.3, -0.25) is 0 Å². The van der Waals surface area contributed by atoms with Crippen molar-refractivity contribution in [2.24, 2.45) is 0 Å². The summed E-state index contributed by atoms with van der Waals surface area (Å²) in [5.41, 5.74) is 3.26. The molecule has 0 nitrogen and oxygen atoms in total. The molecule has 0 aromatic heterocycles. The van der Waals surface area contributed by atoms with Crippen LogP contribution in [0.25, 0.3) is 0 Å². The average Bonchev–Trinajstić information content (AvgIpc) is 2.14. The first-order chi connectivity index (χ1) is 4.63. The van der Waals surface area contributed by atoms with Gasteiger partial charge in [-0.05, 0) is 0 Å². The first-order valence-corrected chi connectivity index (χ1v) is 29.2. The van der Waals surface area contributed by atoms with E-state index in [2.05, 4.69) is 19.9 Å². The van der Waals surface area contributed by atoms with Gasteiger partial charge in [-0.15, -0.1) is 0 Å². The number of allylic oxidation sites excluding steroid dienone is 4. The van der Waals surface area contributed by atoms with Crippen LogP contribution in [0.5, 0.6) is 0 Å². The van der Waals surface area contributed by atoms with Gasteiger partial charge in [-0.25, -0.2) is 0 Å². The maximum Gasteiger partial charge on any atom is -1.00 e. The molecule has 0 amide bonds. The Morgan fingerprint density at radius 3 is 2.09 bits per heavy atom. The van der Waals surface area contributed by atoms with Crippen molar-refractivity contribution in [2.45, 2.75) is 20.3 Å². The van der Waals surface area contributed by atoms with Gasteiger partial charge in [-0.1, -0.05) is 0 Å². The Bertz CT molecular complexity index is 208. The van der Waals surface area contributed by atoms with Crippen LogP contribution in [-0.2, 0) is 19.8 Å². The van der Waals surface area contributed by atoms with Crippen molar-refractivity contribution < 1.29 is 36.8 Å². The van der Waals surface area contributed by atoms with E-state index in [-0.39, 0.29) is 17.0 Å². The van der Waals surface area contributed by atoms with E-state index in [1.807, 2.05) is 3.33 Å². The molecule has 1 aliphatic carbocycles. The van der Waals surface area contributed by atoms with Crippen LogP contribution in [0.15, 0.2) is 20.6 Å². The number of halogens is 1. The monoisotopic (exact) mass is 414 g/mol. The minimum atomic E-state index is -0.866. The molecule has 11 heavy (non-hydrogen) atoms. The molecule has 0 heterocycles. The Hall–Kier alpha value is 1.26. The molecule has 0 saturated heterocycles. The number of hydrogen-bond acceptors (Lipinski definition) is 0. The van der Waals surface area contributed by atoms with Crippen molar-refractivity contribution in [3.8, 4) is 0 Å². The van der Waals surface area contributed by atoms with Gasteiger partial charge >= 0.3 is 75.5 Å². The van der Waals surface area contributed by atoms with E-state index < -0.39 is 19.8 Å². The molecule has 0 N–H and O–H groups in total. The molecular weight excluding hydrogens is 399 g/mol. The quantitative estimate of drug-likeness (QED) is 0.397. The van der Waals surface area contributed by atoms with Gasteiger partial charge in [0, 0.05) is 0 Å². The fourth-order valence-electron chi connectivity index (χ4n) is 1.38. The summed E-state index contributed by atoms with van der Waals surface area (Å²) in [7, 11) is 3.15. The largest absolute Gasteiger partial charge is 1.00 e. The van der Waals surface area contributed by atoms with Crippen LogP contribution in [0.2, 0.25) is 0 Å². The van der Waals surface area contributed by atoms with Crippen LogP contribution in [0.3, 0.4) is 0 Å². The van der Waals surface area contributed by atoms with E-state index in [1.54, 1.807) is 26.0 Å². The van der Waals surface area contributed by atoms with Crippen LogP contribution >= 0.6 is 0 Å². The zero-order valence-corrected chi connectivity index (χ0v) is 16.8. The molecule has 1 rings (SSSR count). The van der Waals surface area contributed by atoms with Crippen molar-refractivity contribution in [3.63, 3.8) is 0 Å². The summed E-state index contributed by atoms with van der Waals surface area (Å²) in [6.07, 6.45) is 3.78. The molecule has 62 valence electrons. The Morgan fingerprint density at radius 2 is 1.91 bits per heavy atom. The summed E-state index contributed by atoms with van der Waals surface area (Å²) in [4.78, 5) is 0. The van der Waals surface area contributed by atoms with Gasteiger partial charge in [0.2, 0.25) is 0 Å². The first kappa shape index (κ1) is 12.3. The summed E-state index contributed by atoms with van der Waals surface area (Å²) in [5.74, 6) is 0. The summed E-state index contributed by atoms with van der Waals surface area (Å²) in [5, 5.41) is 0. The van der Waals surface area contributed by atoms with Gasteiger partial charge in [0.15, 0.2) is 0 Å². The molecular formula is C7H15BrHfSi2. The van der Waals surface area contributed by atoms with E-state index in [0.29, 0.717) is 0 Å². The van der Waals surface area contributed by atoms with Crippen molar-refractivity contribution in [2.75, 3.05) is 0 Å². The average molecular weight is 414 g/mol. The van der Waals surface area contributed by atoms with Crippen molar-refractivity contribution >= 4 is 14.9 Å². The number of hydrogen-bond donors (Lipinski definition) is 0. The summed E-state index contributed by atoms with van der Waals surface area (Å²) < 4.78 is 1.96. The third-order valence-electron chi connectivity index (χ3n) is 2.26. The third-order valence-corrected chi connectivity index (χ3v) is 18.6. The Kier molecular flexibility index (Phi) is 5.68. The van der Waals surface area contributed by atoms with E-state index in [1.165, 1.54) is 6.42 Å². The normalized spacial score (nSPS) is 16.7. The molecule has 0 bridgehead atoms. The Balaban J connectivity index is 0.000001000. The first-order valence-electron chi connectivity index (χ1n) is 3.80. The van der Waals surface area contributed by atoms with Crippen molar-refractivity contribution in [1.29, 1.82) is 0 Å². The van der Waals surface area contributed by atoms with Crippen molar-refractivity contribution in [3.05, 3.63) is 20.6 Å². The second-order valence-electron chi connectivity index (χ2n) is 3.19. The molecule has 0 atom stereocenters. The standard InChI is InChI=1S/C7H9.BrH.Hf.2H3Si/c1-6-4-3-5-7(6)2;;;;/h4H,3H2,1-2H3;1H;;2*1H3/q;;+1;;/p-1. The SMILES string of the molecule is CC1=CC[C]([Hf+]([SiH3])[SiH3])=C1C.[Br-]. The molecule has 0 aromatic rings. The second kappa shape index (κ2) is 5.09. The zero-order valence-electron chi connectivity index (χ0n) is 7.66. The Labute approximate surface area is 91.6 Å². The zero-order chi connectivity index (χ0) is 7.72. The van der Waals surface area contributed by atoms with Gasteiger partial charge in [0.1, 0.15) is 0 Å².